The van der Waals surface area contributed by atoms with Crippen molar-refractivity contribution >= 4 is 5.97 Å². The summed E-state index contributed by atoms with van der Waals surface area (Å²) in [6.07, 6.45) is 4.54. The number of carbonyl (C=O) groups is 1. The van der Waals surface area contributed by atoms with E-state index < -0.39 is 5.41 Å². The smallest absolute Gasteiger partial charge is 0.333 e. The third-order valence-electron chi connectivity index (χ3n) is 6.34. The van der Waals surface area contributed by atoms with Crippen LogP contribution in [0, 0.1) is 22.7 Å². The van der Waals surface area contributed by atoms with Crippen molar-refractivity contribution in [2.45, 2.75) is 45.1 Å². The lowest BCUT2D eigenvalue weighted by Gasteiger charge is -2.48. The Morgan fingerprint density at radius 3 is 2.65 bits per heavy atom. The average molecular weight is 280 g/mol. The fourth-order valence-corrected chi connectivity index (χ4v) is 5.48. The molecule has 5 unspecified atom stereocenters. The fourth-order valence-electron chi connectivity index (χ4n) is 5.48. The zero-order valence-electron chi connectivity index (χ0n) is 12.1. The van der Waals surface area contributed by atoms with Crippen LogP contribution in [0.4, 0.5) is 0 Å². The van der Waals surface area contributed by atoms with Gasteiger partial charge in [-0.15, -0.1) is 0 Å². The molecule has 3 aliphatic carbocycles. The number of fused-ring (bicyclic) bond motifs is 5. The Kier molecular flexibility index (Phi) is 3.22. The van der Waals surface area contributed by atoms with Crippen LogP contribution < -0.4 is 0 Å². The van der Waals surface area contributed by atoms with E-state index >= 15 is 0 Å². The molecule has 3 saturated carbocycles. The number of aliphatic hydroxyl groups is 2. The first-order valence-corrected chi connectivity index (χ1v) is 7.59. The lowest BCUT2D eigenvalue weighted by molar-refractivity contribution is -0.168. The van der Waals surface area contributed by atoms with Gasteiger partial charge in [-0.2, -0.15) is 0 Å². The maximum absolute atomic E-state index is 11.9. The van der Waals surface area contributed by atoms with E-state index in [1.807, 2.05) is 0 Å². The summed E-state index contributed by atoms with van der Waals surface area (Å²) >= 11 is 0. The molecular formula is C16H24O4. The second-order valence-corrected chi connectivity index (χ2v) is 7.00. The minimum atomic E-state index is -0.435. The number of hydrogen-bond acceptors (Lipinski definition) is 4. The summed E-state index contributed by atoms with van der Waals surface area (Å²) in [6, 6.07) is 0. The standard InChI is InChI=1S/C16H24O4/c1-10(2)14(19)20-13-4-3-12-11-5-6-15(7-11,8-17)16(12,13)9-18/h11-13,17-18H,1,3-9H2,2H3. The third-order valence-corrected chi connectivity index (χ3v) is 6.34. The van der Waals surface area contributed by atoms with E-state index in [1.54, 1.807) is 6.92 Å². The number of rotatable bonds is 4. The van der Waals surface area contributed by atoms with E-state index in [2.05, 4.69) is 6.58 Å². The van der Waals surface area contributed by atoms with Crippen LogP contribution in [0.15, 0.2) is 12.2 Å². The van der Waals surface area contributed by atoms with E-state index in [9.17, 15) is 15.0 Å². The minimum Gasteiger partial charge on any atom is -0.458 e. The highest BCUT2D eigenvalue weighted by molar-refractivity contribution is 5.87. The Morgan fingerprint density at radius 1 is 1.30 bits per heavy atom. The molecule has 4 nitrogen and oxygen atoms in total. The summed E-state index contributed by atoms with van der Waals surface area (Å²) in [5, 5.41) is 20.1. The van der Waals surface area contributed by atoms with Crippen molar-refractivity contribution in [1.29, 1.82) is 0 Å². The van der Waals surface area contributed by atoms with Crippen molar-refractivity contribution in [2.75, 3.05) is 13.2 Å². The van der Waals surface area contributed by atoms with Crippen molar-refractivity contribution in [2.24, 2.45) is 22.7 Å². The molecule has 20 heavy (non-hydrogen) atoms. The molecule has 0 aliphatic heterocycles. The molecule has 2 bridgehead atoms. The Morgan fingerprint density at radius 2 is 2.05 bits per heavy atom. The number of hydrogen-bond donors (Lipinski definition) is 2. The Bertz CT molecular complexity index is 446. The zero-order chi connectivity index (χ0) is 14.5. The summed E-state index contributed by atoms with van der Waals surface area (Å²) in [5.74, 6) is 0.582. The molecule has 0 amide bonds. The molecule has 0 saturated heterocycles. The predicted molar refractivity (Wildman–Crippen MR) is 73.8 cm³/mol. The second-order valence-electron chi connectivity index (χ2n) is 7.00. The summed E-state index contributed by atoms with van der Waals surface area (Å²) in [7, 11) is 0. The van der Waals surface area contributed by atoms with Crippen molar-refractivity contribution in [3.8, 4) is 0 Å². The number of esters is 1. The summed E-state index contributed by atoms with van der Waals surface area (Å²) < 4.78 is 5.65. The van der Waals surface area contributed by atoms with Gasteiger partial charge >= 0.3 is 5.97 Å². The number of carbonyl (C=O) groups excluding carboxylic acids is 1. The highest BCUT2D eigenvalue weighted by atomic mass is 16.5. The highest BCUT2D eigenvalue weighted by Gasteiger charge is 2.72. The van der Waals surface area contributed by atoms with E-state index in [1.165, 1.54) is 0 Å². The van der Waals surface area contributed by atoms with Crippen LogP contribution in [-0.4, -0.2) is 35.5 Å². The molecule has 0 heterocycles. The normalized spacial score (nSPS) is 45.5. The van der Waals surface area contributed by atoms with Crippen LogP contribution in [0.2, 0.25) is 0 Å². The van der Waals surface area contributed by atoms with Gasteiger partial charge in [0, 0.05) is 23.0 Å². The van der Waals surface area contributed by atoms with Crippen molar-refractivity contribution in [3.05, 3.63) is 12.2 Å². The Labute approximate surface area is 119 Å². The molecule has 0 radical (unpaired) electrons. The molecule has 5 atom stereocenters. The number of aliphatic hydroxyl groups excluding tert-OH is 2. The van der Waals surface area contributed by atoms with E-state index in [0.29, 0.717) is 17.4 Å². The highest BCUT2D eigenvalue weighted by Crippen LogP contribution is 2.72. The van der Waals surface area contributed by atoms with Gasteiger partial charge in [-0.05, 0) is 50.9 Å². The third kappa shape index (κ3) is 1.52. The van der Waals surface area contributed by atoms with Crippen molar-refractivity contribution < 1.29 is 19.7 Å². The van der Waals surface area contributed by atoms with Gasteiger partial charge in [0.1, 0.15) is 6.10 Å². The lowest BCUT2D eigenvalue weighted by atomic mass is 9.59. The molecule has 0 spiro atoms. The molecule has 0 aromatic carbocycles. The van der Waals surface area contributed by atoms with Crippen LogP contribution in [0.3, 0.4) is 0 Å². The van der Waals surface area contributed by atoms with Gasteiger partial charge in [0.25, 0.3) is 0 Å². The monoisotopic (exact) mass is 280 g/mol. The molecule has 3 fully saturated rings. The van der Waals surface area contributed by atoms with Gasteiger partial charge < -0.3 is 14.9 Å². The molecule has 4 heteroatoms. The maximum Gasteiger partial charge on any atom is 0.333 e. The first-order valence-electron chi connectivity index (χ1n) is 7.59. The molecule has 0 aromatic heterocycles. The van der Waals surface area contributed by atoms with Crippen molar-refractivity contribution in [1.82, 2.24) is 0 Å². The van der Waals surface area contributed by atoms with Crippen LogP contribution in [0.5, 0.6) is 0 Å². The van der Waals surface area contributed by atoms with Gasteiger partial charge in [-0.1, -0.05) is 6.58 Å². The summed E-state index contributed by atoms with van der Waals surface area (Å²) in [5.41, 5.74) is -0.300. The van der Waals surface area contributed by atoms with Crippen molar-refractivity contribution in [3.63, 3.8) is 0 Å². The van der Waals surface area contributed by atoms with Gasteiger partial charge in [-0.3, -0.25) is 0 Å². The quantitative estimate of drug-likeness (QED) is 0.607. The zero-order valence-corrected chi connectivity index (χ0v) is 12.1. The van der Waals surface area contributed by atoms with Crippen LogP contribution >= 0.6 is 0 Å². The maximum atomic E-state index is 11.9. The van der Waals surface area contributed by atoms with E-state index in [-0.39, 0.29) is 30.7 Å². The van der Waals surface area contributed by atoms with Crippen LogP contribution in [0.25, 0.3) is 0 Å². The second kappa shape index (κ2) is 4.57. The summed E-state index contributed by atoms with van der Waals surface area (Å²) in [4.78, 5) is 11.9. The molecule has 3 rings (SSSR count). The minimum absolute atomic E-state index is 0.00284. The Hall–Kier alpha value is -0.870. The van der Waals surface area contributed by atoms with Gasteiger partial charge in [-0.25, -0.2) is 4.79 Å². The SMILES string of the molecule is C=C(C)C(=O)OC1CCC2C3CCC(CO)(C3)C12CO. The van der Waals surface area contributed by atoms with E-state index in [4.69, 9.17) is 4.74 Å². The molecule has 2 N–H and O–H groups in total. The van der Waals surface area contributed by atoms with Gasteiger partial charge in [0.05, 0.1) is 6.61 Å². The van der Waals surface area contributed by atoms with Gasteiger partial charge in [0.2, 0.25) is 0 Å². The van der Waals surface area contributed by atoms with Crippen LogP contribution in [0.1, 0.15) is 39.0 Å². The molecular weight excluding hydrogens is 256 g/mol. The average Bonchev–Trinajstić information content (AvgIpc) is 3.08. The first-order chi connectivity index (χ1) is 9.50. The largest absolute Gasteiger partial charge is 0.458 e. The fraction of sp³-hybridized carbons (Fsp3) is 0.812. The van der Waals surface area contributed by atoms with Crippen LogP contribution in [-0.2, 0) is 9.53 Å². The molecule has 3 aliphatic rings. The number of ether oxygens (including phenoxy) is 1. The topological polar surface area (TPSA) is 66.8 Å². The summed E-state index contributed by atoms with van der Waals surface area (Å²) in [6.45, 7) is 5.36. The molecule has 0 aromatic rings. The van der Waals surface area contributed by atoms with Gasteiger partial charge in [0.15, 0.2) is 0 Å². The molecule has 112 valence electrons. The lowest BCUT2D eigenvalue weighted by Crippen LogP contribution is -2.53. The predicted octanol–water partition coefficient (Wildman–Crippen LogP) is 1.66. The van der Waals surface area contributed by atoms with E-state index in [0.717, 1.165) is 32.1 Å². The first kappa shape index (κ1) is 14.1. The Balaban J connectivity index is 1.94.